The van der Waals surface area contributed by atoms with Crippen molar-refractivity contribution in [3.63, 3.8) is 0 Å². The molecule has 1 saturated heterocycles. The summed E-state index contributed by atoms with van der Waals surface area (Å²) in [7, 11) is 2.09. The minimum absolute atomic E-state index is 0.275. The molecule has 1 N–H and O–H groups in total. The summed E-state index contributed by atoms with van der Waals surface area (Å²) in [6.07, 6.45) is -4.50. The molecule has 2 rings (SSSR count). The SMILES string of the molecule is C[C@H](CNc1ccc(C(F)(F)F)c(C#N)c1)N1CCN(C)CC1. The van der Waals surface area contributed by atoms with Gasteiger partial charge in [0.2, 0.25) is 0 Å². The Morgan fingerprint density at radius 3 is 2.48 bits per heavy atom. The Morgan fingerprint density at radius 1 is 1.26 bits per heavy atom. The molecule has 1 atom stereocenters. The van der Waals surface area contributed by atoms with E-state index >= 15 is 0 Å². The lowest BCUT2D eigenvalue weighted by atomic mass is 10.1. The van der Waals surface area contributed by atoms with Crippen molar-refractivity contribution in [1.82, 2.24) is 9.80 Å². The highest BCUT2D eigenvalue weighted by molar-refractivity contribution is 5.53. The van der Waals surface area contributed by atoms with E-state index in [1.807, 2.05) is 0 Å². The van der Waals surface area contributed by atoms with E-state index < -0.39 is 11.7 Å². The fourth-order valence-electron chi connectivity index (χ4n) is 2.65. The molecule has 126 valence electrons. The molecule has 4 nitrogen and oxygen atoms in total. The van der Waals surface area contributed by atoms with Crippen molar-refractivity contribution in [2.24, 2.45) is 0 Å². The Morgan fingerprint density at radius 2 is 1.91 bits per heavy atom. The lowest BCUT2D eigenvalue weighted by Gasteiger charge is -2.36. The fraction of sp³-hybridized carbons (Fsp3) is 0.562. The summed E-state index contributed by atoms with van der Waals surface area (Å²) in [5.41, 5.74) is -0.706. The van der Waals surface area contributed by atoms with E-state index in [2.05, 4.69) is 29.1 Å². The molecular weight excluding hydrogens is 305 g/mol. The van der Waals surface area contributed by atoms with Crippen LogP contribution in [-0.2, 0) is 6.18 Å². The number of nitriles is 1. The first-order chi connectivity index (χ1) is 10.8. The summed E-state index contributed by atoms with van der Waals surface area (Å²) in [5.74, 6) is 0. The Labute approximate surface area is 134 Å². The average molecular weight is 326 g/mol. The van der Waals surface area contributed by atoms with E-state index in [-0.39, 0.29) is 11.6 Å². The lowest BCUT2D eigenvalue weighted by Crippen LogP contribution is -2.49. The molecule has 1 aliphatic heterocycles. The molecule has 1 aromatic rings. The van der Waals surface area contributed by atoms with Crippen LogP contribution in [-0.4, -0.2) is 55.6 Å². The minimum Gasteiger partial charge on any atom is -0.383 e. The molecule has 1 aromatic carbocycles. The van der Waals surface area contributed by atoms with Crippen LogP contribution in [0.5, 0.6) is 0 Å². The van der Waals surface area contributed by atoms with E-state index in [9.17, 15) is 13.2 Å². The van der Waals surface area contributed by atoms with Crippen LogP contribution in [0.2, 0.25) is 0 Å². The van der Waals surface area contributed by atoms with E-state index in [1.54, 1.807) is 6.07 Å². The van der Waals surface area contributed by atoms with Crippen molar-refractivity contribution in [2.45, 2.75) is 19.1 Å². The minimum atomic E-state index is -4.50. The van der Waals surface area contributed by atoms with Crippen LogP contribution in [0.15, 0.2) is 18.2 Å². The molecule has 0 aromatic heterocycles. The monoisotopic (exact) mass is 326 g/mol. The van der Waals surface area contributed by atoms with Gasteiger partial charge in [-0.05, 0) is 32.2 Å². The first kappa shape index (κ1) is 17.6. The standard InChI is InChI=1S/C16H21F3N4/c1-12(23-7-5-22(2)6-8-23)11-21-14-3-4-15(16(17,18)19)13(9-14)10-20/h3-4,9,12,21H,5-8,11H2,1-2H3/t12-/m1/s1. The summed E-state index contributed by atoms with van der Waals surface area (Å²) in [6, 6.07) is 5.50. The van der Waals surface area contributed by atoms with Gasteiger partial charge in [0.15, 0.2) is 0 Å². The summed E-state index contributed by atoms with van der Waals surface area (Å²) in [6.45, 7) is 6.71. The second kappa shape index (κ2) is 7.20. The van der Waals surface area contributed by atoms with Gasteiger partial charge in [-0.15, -0.1) is 0 Å². The van der Waals surface area contributed by atoms with Crippen LogP contribution in [0, 0.1) is 11.3 Å². The van der Waals surface area contributed by atoms with E-state index in [0.29, 0.717) is 12.2 Å². The van der Waals surface area contributed by atoms with E-state index in [0.717, 1.165) is 32.2 Å². The topological polar surface area (TPSA) is 42.3 Å². The number of likely N-dealkylation sites (N-methyl/N-ethyl adjacent to an activating group) is 1. The van der Waals surface area contributed by atoms with Gasteiger partial charge in [-0.2, -0.15) is 18.4 Å². The smallest absolute Gasteiger partial charge is 0.383 e. The first-order valence-corrected chi connectivity index (χ1v) is 7.59. The van der Waals surface area contributed by atoms with Gasteiger partial charge < -0.3 is 10.2 Å². The third kappa shape index (κ3) is 4.60. The van der Waals surface area contributed by atoms with E-state index in [1.165, 1.54) is 12.1 Å². The number of hydrogen-bond acceptors (Lipinski definition) is 4. The molecule has 0 bridgehead atoms. The number of anilines is 1. The third-order valence-corrected chi connectivity index (χ3v) is 4.21. The summed E-state index contributed by atoms with van der Waals surface area (Å²) in [4.78, 5) is 4.62. The number of alkyl halides is 3. The second-order valence-corrected chi connectivity index (χ2v) is 5.94. The number of rotatable bonds is 4. The third-order valence-electron chi connectivity index (χ3n) is 4.21. The number of piperazine rings is 1. The molecule has 7 heteroatoms. The maximum Gasteiger partial charge on any atom is 0.417 e. The zero-order valence-corrected chi connectivity index (χ0v) is 13.3. The van der Waals surface area contributed by atoms with Crippen LogP contribution < -0.4 is 5.32 Å². The number of nitrogens with zero attached hydrogens (tertiary/aromatic N) is 3. The van der Waals surface area contributed by atoms with Crippen LogP contribution in [0.4, 0.5) is 18.9 Å². The van der Waals surface area contributed by atoms with Gasteiger partial charge in [0, 0.05) is 44.5 Å². The molecule has 0 aliphatic carbocycles. The molecular formula is C16H21F3N4. The highest BCUT2D eigenvalue weighted by Gasteiger charge is 2.33. The van der Waals surface area contributed by atoms with Gasteiger partial charge in [-0.3, -0.25) is 4.90 Å². The lowest BCUT2D eigenvalue weighted by molar-refractivity contribution is -0.137. The molecule has 0 spiro atoms. The Balaban J connectivity index is 1.97. The van der Waals surface area contributed by atoms with Crippen molar-refractivity contribution in [1.29, 1.82) is 5.26 Å². The summed E-state index contributed by atoms with van der Waals surface area (Å²) >= 11 is 0. The molecule has 23 heavy (non-hydrogen) atoms. The van der Waals surface area contributed by atoms with Crippen LogP contribution in [0.1, 0.15) is 18.1 Å². The van der Waals surface area contributed by atoms with Gasteiger partial charge in [-0.1, -0.05) is 0 Å². The summed E-state index contributed by atoms with van der Waals surface area (Å²) in [5, 5.41) is 12.1. The molecule has 1 fully saturated rings. The fourth-order valence-corrected chi connectivity index (χ4v) is 2.65. The van der Waals surface area contributed by atoms with Gasteiger partial charge in [0.1, 0.15) is 0 Å². The maximum absolute atomic E-state index is 12.8. The molecule has 1 aliphatic rings. The largest absolute Gasteiger partial charge is 0.417 e. The van der Waals surface area contributed by atoms with Crippen LogP contribution >= 0.6 is 0 Å². The molecule has 1 heterocycles. The highest BCUT2D eigenvalue weighted by Crippen LogP contribution is 2.33. The summed E-state index contributed by atoms with van der Waals surface area (Å²) < 4.78 is 38.3. The average Bonchev–Trinajstić information content (AvgIpc) is 2.52. The van der Waals surface area contributed by atoms with Crippen molar-refractivity contribution < 1.29 is 13.2 Å². The first-order valence-electron chi connectivity index (χ1n) is 7.59. The normalized spacial score (nSPS) is 18.4. The molecule has 0 saturated carbocycles. The van der Waals surface area contributed by atoms with Gasteiger partial charge >= 0.3 is 6.18 Å². The second-order valence-electron chi connectivity index (χ2n) is 5.94. The molecule has 0 amide bonds. The van der Waals surface area contributed by atoms with Crippen LogP contribution in [0.25, 0.3) is 0 Å². The van der Waals surface area contributed by atoms with Crippen molar-refractivity contribution in [3.05, 3.63) is 29.3 Å². The quantitative estimate of drug-likeness (QED) is 0.924. The zero-order valence-electron chi connectivity index (χ0n) is 13.3. The molecule has 0 unspecified atom stereocenters. The zero-order chi connectivity index (χ0) is 17.0. The van der Waals surface area contributed by atoms with Crippen LogP contribution in [0.3, 0.4) is 0 Å². The van der Waals surface area contributed by atoms with Gasteiger partial charge in [-0.25, -0.2) is 0 Å². The van der Waals surface area contributed by atoms with Crippen molar-refractivity contribution in [3.8, 4) is 6.07 Å². The molecule has 0 radical (unpaired) electrons. The Kier molecular flexibility index (Phi) is 5.50. The number of halogens is 3. The number of hydrogen-bond donors (Lipinski definition) is 1. The number of nitrogens with one attached hydrogen (secondary N) is 1. The Bertz CT molecular complexity index is 572. The predicted molar refractivity (Wildman–Crippen MR) is 83.2 cm³/mol. The number of benzene rings is 1. The van der Waals surface area contributed by atoms with Crippen molar-refractivity contribution >= 4 is 5.69 Å². The Hall–Kier alpha value is -1.78. The van der Waals surface area contributed by atoms with Crippen molar-refractivity contribution in [2.75, 3.05) is 45.1 Å². The van der Waals surface area contributed by atoms with Gasteiger partial charge in [0.05, 0.1) is 17.2 Å². The van der Waals surface area contributed by atoms with Gasteiger partial charge in [0.25, 0.3) is 0 Å². The maximum atomic E-state index is 12.8. The van der Waals surface area contributed by atoms with E-state index in [4.69, 9.17) is 5.26 Å². The highest BCUT2D eigenvalue weighted by atomic mass is 19.4. The predicted octanol–water partition coefficient (Wildman–Crippen LogP) is 2.62.